The molecule has 1 atom stereocenters. The van der Waals surface area contributed by atoms with Gasteiger partial charge in [0.25, 0.3) is 5.91 Å². The van der Waals surface area contributed by atoms with Gasteiger partial charge < -0.3 is 20.9 Å². The maximum Gasteiger partial charge on any atom is 0.252 e. The maximum atomic E-state index is 12.8. The second kappa shape index (κ2) is 6.76. The number of rotatable bonds is 3. The molecule has 0 spiro atoms. The van der Waals surface area contributed by atoms with Crippen molar-refractivity contribution in [3.05, 3.63) is 23.9 Å². The summed E-state index contributed by atoms with van der Waals surface area (Å²) >= 11 is 0. The summed E-state index contributed by atoms with van der Waals surface area (Å²) in [6.45, 7) is 5.47. The van der Waals surface area contributed by atoms with Crippen molar-refractivity contribution in [1.29, 1.82) is 0 Å². The Bertz CT molecular complexity index is 619. The number of nitrogens with two attached hydrogens (primary N) is 1. The number of carbonyl (C=O) groups excluding carboxylic acids is 2. The Morgan fingerprint density at radius 2 is 2.00 bits per heavy atom. The molecule has 2 fully saturated rings. The van der Waals surface area contributed by atoms with Gasteiger partial charge in [0.1, 0.15) is 5.82 Å². The molecule has 3 heterocycles. The van der Waals surface area contributed by atoms with Crippen molar-refractivity contribution < 1.29 is 9.59 Å². The van der Waals surface area contributed by atoms with Crippen LogP contribution < -0.4 is 16.0 Å². The van der Waals surface area contributed by atoms with Gasteiger partial charge in [-0.05, 0) is 44.9 Å². The van der Waals surface area contributed by atoms with Crippen LogP contribution in [0.15, 0.2) is 18.3 Å². The van der Waals surface area contributed by atoms with Crippen LogP contribution in [0.1, 0.15) is 36.5 Å². The fourth-order valence-electron chi connectivity index (χ4n) is 3.55. The summed E-state index contributed by atoms with van der Waals surface area (Å²) in [5, 5.41) is 3.38. The summed E-state index contributed by atoms with van der Waals surface area (Å²) in [7, 11) is 0. The molecule has 0 bridgehead atoms. The van der Waals surface area contributed by atoms with Crippen LogP contribution in [0.3, 0.4) is 0 Å². The van der Waals surface area contributed by atoms with Crippen molar-refractivity contribution in [2.45, 2.75) is 31.7 Å². The van der Waals surface area contributed by atoms with Crippen molar-refractivity contribution in [1.82, 2.24) is 15.2 Å². The number of aromatic nitrogens is 1. The molecule has 7 nitrogen and oxygen atoms in total. The van der Waals surface area contributed by atoms with E-state index in [1.54, 1.807) is 18.3 Å². The lowest BCUT2D eigenvalue weighted by molar-refractivity contribution is -0.139. The van der Waals surface area contributed by atoms with Gasteiger partial charge >= 0.3 is 0 Å². The average molecular weight is 331 g/mol. The Labute approximate surface area is 142 Å². The molecule has 2 saturated heterocycles. The third-order valence-corrected chi connectivity index (χ3v) is 5.01. The first-order valence-corrected chi connectivity index (χ1v) is 8.55. The minimum absolute atomic E-state index is 0.179. The van der Waals surface area contributed by atoms with Gasteiger partial charge in [0.05, 0.1) is 11.1 Å². The first-order chi connectivity index (χ1) is 11.5. The highest BCUT2D eigenvalue weighted by Gasteiger charge is 2.38. The zero-order chi connectivity index (χ0) is 17.2. The Hall–Kier alpha value is -2.15. The van der Waals surface area contributed by atoms with Gasteiger partial charge in [-0.15, -0.1) is 0 Å². The van der Waals surface area contributed by atoms with Crippen molar-refractivity contribution in [2.24, 2.45) is 5.73 Å². The van der Waals surface area contributed by atoms with Gasteiger partial charge in [0.15, 0.2) is 0 Å². The quantitative estimate of drug-likeness (QED) is 0.834. The molecular weight excluding hydrogens is 306 g/mol. The molecule has 3 rings (SSSR count). The smallest absolute Gasteiger partial charge is 0.252 e. The molecular formula is C17H25N5O2. The molecule has 130 valence electrons. The summed E-state index contributed by atoms with van der Waals surface area (Å²) < 4.78 is 0. The van der Waals surface area contributed by atoms with Crippen LogP contribution >= 0.6 is 0 Å². The molecule has 0 saturated carbocycles. The van der Waals surface area contributed by atoms with E-state index in [0.29, 0.717) is 37.6 Å². The van der Waals surface area contributed by atoms with Crippen molar-refractivity contribution in [3.63, 3.8) is 0 Å². The van der Waals surface area contributed by atoms with Gasteiger partial charge in [-0.3, -0.25) is 9.59 Å². The van der Waals surface area contributed by atoms with Crippen LogP contribution in [-0.4, -0.2) is 60.0 Å². The summed E-state index contributed by atoms with van der Waals surface area (Å²) in [5.74, 6) is 0.313. The fourth-order valence-corrected chi connectivity index (χ4v) is 3.55. The summed E-state index contributed by atoms with van der Waals surface area (Å²) in [4.78, 5) is 32.7. The number of anilines is 1. The van der Waals surface area contributed by atoms with E-state index in [2.05, 4.69) is 10.3 Å². The third-order valence-electron chi connectivity index (χ3n) is 5.01. The number of nitrogens with zero attached hydrogens (tertiary/aromatic N) is 3. The number of hydrogen-bond acceptors (Lipinski definition) is 5. The van der Waals surface area contributed by atoms with Gasteiger partial charge in [-0.1, -0.05) is 0 Å². The molecule has 0 aromatic carbocycles. The lowest BCUT2D eigenvalue weighted by Gasteiger charge is -2.42. The normalized spacial score (nSPS) is 24.7. The van der Waals surface area contributed by atoms with E-state index in [1.165, 1.54) is 0 Å². The predicted molar refractivity (Wildman–Crippen MR) is 91.8 cm³/mol. The van der Waals surface area contributed by atoms with Crippen LogP contribution in [-0.2, 0) is 4.79 Å². The third kappa shape index (κ3) is 3.21. The number of piperazine rings is 1. The van der Waals surface area contributed by atoms with E-state index in [-0.39, 0.29) is 5.91 Å². The van der Waals surface area contributed by atoms with Crippen molar-refractivity contribution in [3.8, 4) is 0 Å². The lowest BCUT2D eigenvalue weighted by atomic mass is 9.89. The van der Waals surface area contributed by atoms with E-state index in [4.69, 9.17) is 5.73 Å². The molecule has 24 heavy (non-hydrogen) atoms. The van der Waals surface area contributed by atoms with E-state index in [1.807, 2.05) is 16.7 Å². The number of amides is 2. The van der Waals surface area contributed by atoms with Crippen LogP contribution in [0.2, 0.25) is 0 Å². The molecule has 1 aromatic heterocycles. The Morgan fingerprint density at radius 1 is 1.25 bits per heavy atom. The average Bonchev–Trinajstić information content (AvgIpc) is 2.62. The van der Waals surface area contributed by atoms with Gasteiger partial charge in [0, 0.05) is 32.4 Å². The first kappa shape index (κ1) is 16.7. The summed E-state index contributed by atoms with van der Waals surface area (Å²) in [5.41, 5.74) is 5.42. The monoisotopic (exact) mass is 331 g/mol. The number of hydrogen-bond donors (Lipinski definition) is 2. The SMILES string of the molecule is CC1(C(=O)N2CCN(c3ncccc3C(N)=O)CC2)CCCCN1. The molecule has 0 radical (unpaired) electrons. The second-order valence-corrected chi connectivity index (χ2v) is 6.73. The van der Waals surface area contributed by atoms with Crippen LogP contribution in [0.4, 0.5) is 5.82 Å². The van der Waals surface area contributed by atoms with Gasteiger partial charge in [0.2, 0.25) is 5.91 Å². The highest BCUT2D eigenvalue weighted by atomic mass is 16.2. The Morgan fingerprint density at radius 3 is 2.62 bits per heavy atom. The summed E-state index contributed by atoms with van der Waals surface area (Å²) in [6, 6.07) is 3.40. The Kier molecular flexibility index (Phi) is 4.71. The van der Waals surface area contributed by atoms with E-state index in [0.717, 1.165) is 25.8 Å². The topological polar surface area (TPSA) is 91.6 Å². The molecule has 0 aliphatic carbocycles. The minimum Gasteiger partial charge on any atom is -0.365 e. The number of nitrogens with one attached hydrogen (secondary N) is 1. The fraction of sp³-hybridized carbons (Fsp3) is 0.588. The molecule has 3 N–H and O–H groups in total. The highest BCUT2D eigenvalue weighted by molar-refractivity contribution is 5.97. The zero-order valence-corrected chi connectivity index (χ0v) is 14.1. The molecule has 7 heteroatoms. The molecule has 2 aliphatic rings. The minimum atomic E-state index is -0.476. The lowest BCUT2D eigenvalue weighted by Crippen LogP contribution is -2.61. The number of primary amides is 1. The van der Waals surface area contributed by atoms with E-state index in [9.17, 15) is 9.59 Å². The second-order valence-electron chi connectivity index (χ2n) is 6.73. The van der Waals surface area contributed by atoms with E-state index >= 15 is 0 Å². The number of piperidine rings is 1. The van der Waals surface area contributed by atoms with Crippen molar-refractivity contribution in [2.75, 3.05) is 37.6 Å². The van der Waals surface area contributed by atoms with Gasteiger partial charge in [-0.25, -0.2) is 4.98 Å². The standard InChI is InChI=1S/C17H25N5O2/c1-17(6-2-3-8-20-17)16(24)22-11-9-21(10-12-22)15-13(14(18)23)5-4-7-19-15/h4-5,7,20H,2-3,6,8-12H2,1H3,(H2,18,23). The van der Waals surface area contributed by atoms with Crippen LogP contribution in [0, 0.1) is 0 Å². The summed E-state index contributed by atoms with van der Waals surface area (Å²) in [6.07, 6.45) is 4.77. The number of pyridine rings is 1. The van der Waals surface area contributed by atoms with E-state index < -0.39 is 11.4 Å². The molecule has 2 aliphatic heterocycles. The molecule has 1 unspecified atom stereocenters. The molecule has 2 amide bonds. The largest absolute Gasteiger partial charge is 0.365 e. The highest BCUT2D eigenvalue weighted by Crippen LogP contribution is 2.23. The van der Waals surface area contributed by atoms with Crippen LogP contribution in [0.5, 0.6) is 0 Å². The zero-order valence-electron chi connectivity index (χ0n) is 14.1. The predicted octanol–water partition coefficient (Wildman–Crippen LogP) is 0.361. The first-order valence-electron chi connectivity index (χ1n) is 8.55. The van der Waals surface area contributed by atoms with Crippen molar-refractivity contribution >= 4 is 17.6 Å². The maximum absolute atomic E-state index is 12.8. The number of carbonyl (C=O) groups is 2. The molecule has 1 aromatic rings. The van der Waals surface area contributed by atoms with Gasteiger partial charge in [-0.2, -0.15) is 0 Å². The Balaban J connectivity index is 1.66. The van der Waals surface area contributed by atoms with Crippen LogP contribution in [0.25, 0.3) is 0 Å².